The van der Waals surface area contributed by atoms with E-state index in [0.717, 1.165) is 0 Å². The Morgan fingerprint density at radius 3 is 2.43 bits per heavy atom. The summed E-state index contributed by atoms with van der Waals surface area (Å²) in [4.78, 5) is 23.1. The number of carbonyl (C=O) groups excluding carboxylic acids is 2. The number of alkyl carbamates (subject to hydrolysis) is 1. The van der Waals surface area contributed by atoms with Crippen molar-refractivity contribution in [2.75, 3.05) is 0 Å². The Bertz CT molecular complexity index is 508. The van der Waals surface area contributed by atoms with E-state index in [1.54, 1.807) is 18.2 Å². The number of carbonyl (C=O) groups is 2. The molecule has 0 saturated carbocycles. The number of hydrogen-bond acceptors (Lipinski definition) is 3. The first-order chi connectivity index (χ1) is 9.67. The van der Waals surface area contributed by atoms with Crippen LogP contribution in [0.1, 0.15) is 39.7 Å². The molecule has 0 aromatic heterocycles. The standard InChI is InChI=1S/C16H22FNO3/c1-11(19)9-13(21-15(20)18-16(2,3)4)10-12-7-5-6-8-14(12)17/h5-8,13H,9-10H2,1-4H3,(H,18,20)/t13-/m0/s1. The summed E-state index contributed by atoms with van der Waals surface area (Å²) in [5.74, 6) is -0.481. The molecule has 0 unspecified atom stereocenters. The minimum absolute atomic E-state index is 0.0614. The largest absolute Gasteiger partial charge is 0.445 e. The number of nitrogens with one attached hydrogen (secondary N) is 1. The van der Waals surface area contributed by atoms with E-state index < -0.39 is 17.7 Å². The Morgan fingerprint density at radius 1 is 1.29 bits per heavy atom. The highest BCUT2D eigenvalue weighted by Gasteiger charge is 2.21. The fraction of sp³-hybridized carbons (Fsp3) is 0.500. The summed E-state index contributed by atoms with van der Waals surface area (Å²) in [5, 5.41) is 2.66. The maximum absolute atomic E-state index is 13.7. The summed E-state index contributed by atoms with van der Waals surface area (Å²) in [5.41, 5.74) is -0.0112. The van der Waals surface area contributed by atoms with Gasteiger partial charge in [-0.15, -0.1) is 0 Å². The van der Waals surface area contributed by atoms with Crippen molar-refractivity contribution in [3.05, 3.63) is 35.6 Å². The average Bonchev–Trinajstić information content (AvgIpc) is 2.28. The van der Waals surface area contributed by atoms with Crippen molar-refractivity contribution in [1.29, 1.82) is 0 Å². The first kappa shape index (κ1) is 17.1. The van der Waals surface area contributed by atoms with Gasteiger partial charge in [0.2, 0.25) is 0 Å². The Labute approximate surface area is 124 Å². The lowest BCUT2D eigenvalue weighted by Crippen LogP contribution is -2.42. The van der Waals surface area contributed by atoms with Crippen molar-refractivity contribution in [3.63, 3.8) is 0 Å². The van der Waals surface area contributed by atoms with Crippen LogP contribution in [0.3, 0.4) is 0 Å². The van der Waals surface area contributed by atoms with Crippen molar-refractivity contribution in [2.24, 2.45) is 0 Å². The zero-order chi connectivity index (χ0) is 16.0. The molecule has 0 spiro atoms. The van der Waals surface area contributed by atoms with Gasteiger partial charge in [-0.1, -0.05) is 18.2 Å². The van der Waals surface area contributed by atoms with Gasteiger partial charge in [0.1, 0.15) is 17.7 Å². The zero-order valence-electron chi connectivity index (χ0n) is 12.9. The van der Waals surface area contributed by atoms with Crippen molar-refractivity contribution in [2.45, 2.75) is 52.2 Å². The summed E-state index contributed by atoms with van der Waals surface area (Å²) >= 11 is 0. The normalized spacial score (nSPS) is 12.6. The molecule has 0 saturated heterocycles. The van der Waals surface area contributed by atoms with Gasteiger partial charge in [-0.3, -0.25) is 4.79 Å². The lowest BCUT2D eigenvalue weighted by molar-refractivity contribution is -0.118. The van der Waals surface area contributed by atoms with Gasteiger partial charge in [-0.2, -0.15) is 0 Å². The van der Waals surface area contributed by atoms with E-state index in [2.05, 4.69) is 5.32 Å². The third-order valence-electron chi connectivity index (χ3n) is 2.67. The van der Waals surface area contributed by atoms with Crippen molar-refractivity contribution < 1.29 is 18.7 Å². The SMILES string of the molecule is CC(=O)C[C@@H](Cc1ccccc1F)OC(=O)NC(C)(C)C. The van der Waals surface area contributed by atoms with Crippen LogP contribution in [-0.4, -0.2) is 23.5 Å². The predicted octanol–water partition coefficient (Wildman–Crippen LogP) is 3.24. The van der Waals surface area contributed by atoms with Gasteiger partial charge in [0, 0.05) is 18.4 Å². The summed E-state index contributed by atoms with van der Waals surface area (Å²) < 4.78 is 18.9. The molecule has 0 aliphatic heterocycles. The van der Waals surface area contributed by atoms with E-state index >= 15 is 0 Å². The Morgan fingerprint density at radius 2 is 1.90 bits per heavy atom. The average molecular weight is 295 g/mol. The van der Waals surface area contributed by atoms with E-state index in [9.17, 15) is 14.0 Å². The second kappa shape index (κ2) is 7.20. The smallest absolute Gasteiger partial charge is 0.407 e. The molecule has 1 N–H and O–H groups in total. The molecule has 0 fully saturated rings. The molecule has 21 heavy (non-hydrogen) atoms. The molecule has 4 nitrogen and oxygen atoms in total. The number of rotatable bonds is 5. The first-order valence-corrected chi connectivity index (χ1v) is 6.89. The third kappa shape index (κ3) is 6.88. The van der Waals surface area contributed by atoms with Crippen LogP contribution in [-0.2, 0) is 16.0 Å². The number of benzene rings is 1. The van der Waals surface area contributed by atoms with Crippen LogP contribution in [0.15, 0.2) is 24.3 Å². The molecular formula is C16H22FNO3. The number of ether oxygens (including phenoxy) is 1. The lowest BCUT2D eigenvalue weighted by atomic mass is 10.0. The molecule has 0 bridgehead atoms. The summed E-state index contributed by atoms with van der Waals surface area (Å²) in [6.07, 6.45) is -1.05. The molecule has 1 aromatic carbocycles. The summed E-state index contributed by atoms with van der Waals surface area (Å²) in [7, 11) is 0. The minimum Gasteiger partial charge on any atom is -0.445 e. The molecule has 0 aliphatic carbocycles. The van der Waals surface area contributed by atoms with Gasteiger partial charge in [-0.25, -0.2) is 9.18 Å². The monoisotopic (exact) mass is 295 g/mol. The molecule has 1 amide bonds. The first-order valence-electron chi connectivity index (χ1n) is 6.89. The number of hydrogen-bond donors (Lipinski definition) is 1. The quantitative estimate of drug-likeness (QED) is 0.907. The Kier molecular flexibility index (Phi) is 5.88. The number of Topliss-reactive ketones (excluding diaryl/α,β-unsaturated/α-hetero) is 1. The van der Waals surface area contributed by atoms with Crippen molar-refractivity contribution in [3.8, 4) is 0 Å². The van der Waals surface area contributed by atoms with Gasteiger partial charge in [0.25, 0.3) is 0 Å². The highest BCUT2D eigenvalue weighted by molar-refractivity contribution is 5.76. The fourth-order valence-corrected chi connectivity index (χ4v) is 1.87. The minimum atomic E-state index is -0.679. The highest BCUT2D eigenvalue weighted by atomic mass is 19.1. The topological polar surface area (TPSA) is 55.4 Å². The second-order valence-electron chi connectivity index (χ2n) is 6.10. The van der Waals surface area contributed by atoms with Crippen LogP contribution in [0.2, 0.25) is 0 Å². The van der Waals surface area contributed by atoms with Crippen LogP contribution >= 0.6 is 0 Å². The highest BCUT2D eigenvalue weighted by Crippen LogP contribution is 2.14. The van der Waals surface area contributed by atoms with Gasteiger partial charge < -0.3 is 10.1 Å². The molecule has 116 valence electrons. The van der Waals surface area contributed by atoms with Crippen LogP contribution in [0.5, 0.6) is 0 Å². The molecule has 5 heteroatoms. The van der Waals surface area contributed by atoms with Gasteiger partial charge in [0.05, 0.1) is 0 Å². The molecule has 0 heterocycles. The van der Waals surface area contributed by atoms with Crippen LogP contribution in [0.25, 0.3) is 0 Å². The van der Waals surface area contributed by atoms with Crippen LogP contribution < -0.4 is 5.32 Å². The van der Waals surface area contributed by atoms with Gasteiger partial charge in [-0.05, 0) is 39.3 Å². The zero-order valence-corrected chi connectivity index (χ0v) is 12.9. The molecule has 0 radical (unpaired) electrons. The molecule has 1 aromatic rings. The van der Waals surface area contributed by atoms with Gasteiger partial charge >= 0.3 is 6.09 Å². The predicted molar refractivity (Wildman–Crippen MR) is 78.6 cm³/mol. The Hall–Kier alpha value is -1.91. The maximum atomic E-state index is 13.7. The van der Waals surface area contributed by atoms with E-state index in [4.69, 9.17) is 4.74 Å². The van der Waals surface area contributed by atoms with Crippen LogP contribution in [0.4, 0.5) is 9.18 Å². The van der Waals surface area contributed by atoms with E-state index in [0.29, 0.717) is 5.56 Å². The van der Waals surface area contributed by atoms with E-state index in [-0.39, 0.29) is 24.4 Å². The molecule has 1 atom stereocenters. The molecule has 1 rings (SSSR count). The fourth-order valence-electron chi connectivity index (χ4n) is 1.87. The number of ketones is 1. The van der Waals surface area contributed by atoms with E-state index in [1.807, 2.05) is 20.8 Å². The summed E-state index contributed by atoms with van der Waals surface area (Å²) in [6, 6.07) is 6.26. The van der Waals surface area contributed by atoms with Crippen molar-refractivity contribution >= 4 is 11.9 Å². The number of halogens is 1. The molecular weight excluding hydrogens is 273 g/mol. The Balaban J connectivity index is 2.75. The van der Waals surface area contributed by atoms with Gasteiger partial charge in [0.15, 0.2) is 0 Å². The molecule has 0 aliphatic rings. The van der Waals surface area contributed by atoms with Crippen LogP contribution in [0, 0.1) is 5.82 Å². The maximum Gasteiger partial charge on any atom is 0.407 e. The number of amides is 1. The lowest BCUT2D eigenvalue weighted by Gasteiger charge is -2.23. The third-order valence-corrected chi connectivity index (χ3v) is 2.67. The van der Waals surface area contributed by atoms with Crippen molar-refractivity contribution in [1.82, 2.24) is 5.32 Å². The second-order valence-corrected chi connectivity index (χ2v) is 6.10. The summed E-state index contributed by atoms with van der Waals surface area (Å²) in [6.45, 7) is 6.89. The van der Waals surface area contributed by atoms with E-state index in [1.165, 1.54) is 13.0 Å².